The fourth-order valence-electron chi connectivity index (χ4n) is 8.36. The molecule has 1 aliphatic heterocycles. The van der Waals surface area contributed by atoms with E-state index in [0.29, 0.717) is 18.1 Å². The van der Waals surface area contributed by atoms with E-state index in [4.69, 9.17) is 20.2 Å². The quantitative estimate of drug-likeness (QED) is 0.248. The maximum Gasteiger partial charge on any atom is 0.328 e. The van der Waals surface area contributed by atoms with Gasteiger partial charge in [-0.05, 0) is 80.1 Å². The highest BCUT2D eigenvalue weighted by molar-refractivity contribution is 5.93. The number of oxime groups is 1. The minimum Gasteiger partial charge on any atom is -0.478 e. The smallest absolute Gasteiger partial charge is 0.328 e. The van der Waals surface area contributed by atoms with Crippen LogP contribution < -0.4 is 5.32 Å². The van der Waals surface area contributed by atoms with Crippen molar-refractivity contribution in [1.82, 2.24) is 5.32 Å². The summed E-state index contributed by atoms with van der Waals surface area (Å²) in [5.74, 6) is -0.316. The number of nitrogens with one attached hydrogen (secondary N) is 1. The lowest BCUT2D eigenvalue weighted by Crippen LogP contribution is -2.54. The summed E-state index contributed by atoms with van der Waals surface area (Å²) in [6.07, 6.45) is 13.0. The van der Waals surface area contributed by atoms with Crippen LogP contribution in [0.25, 0.3) is 0 Å². The van der Waals surface area contributed by atoms with Crippen molar-refractivity contribution >= 4 is 17.7 Å². The van der Waals surface area contributed by atoms with Crippen LogP contribution in [0.3, 0.4) is 0 Å². The van der Waals surface area contributed by atoms with E-state index in [0.717, 1.165) is 44.2 Å². The van der Waals surface area contributed by atoms with Crippen molar-refractivity contribution in [1.29, 1.82) is 0 Å². The Morgan fingerprint density at radius 1 is 1.03 bits per heavy atom. The molecule has 0 bridgehead atoms. The summed E-state index contributed by atoms with van der Waals surface area (Å²) < 4.78 is 0. The summed E-state index contributed by atoms with van der Waals surface area (Å²) in [5, 5.41) is 34.4. The number of fused-ring (bicyclic) bond motifs is 5. The topological polar surface area (TPSA) is 128 Å². The Hall–Kier alpha value is -2.19. The van der Waals surface area contributed by atoms with Gasteiger partial charge in [-0.25, -0.2) is 9.59 Å². The summed E-state index contributed by atoms with van der Waals surface area (Å²) in [5.41, 5.74) is 3.27. The highest BCUT2D eigenvalue weighted by atomic mass is 16.6. The number of nitrogens with zero attached hydrogens (tertiary/aromatic N) is 1. The van der Waals surface area contributed by atoms with Crippen LogP contribution in [0, 0.1) is 34.0 Å². The molecule has 4 aliphatic carbocycles. The average molecular weight is 517 g/mol. The molecule has 0 aromatic rings. The molecule has 5 aliphatic rings. The number of hydrogen-bond acceptors (Lipinski definition) is 6. The average Bonchev–Trinajstić information content (AvgIpc) is 3.45. The first kappa shape index (κ1) is 27.8. The second-order valence-corrected chi connectivity index (χ2v) is 12.7. The van der Waals surface area contributed by atoms with Gasteiger partial charge in [0.05, 0.1) is 11.8 Å². The summed E-state index contributed by atoms with van der Waals surface area (Å²) in [7, 11) is 0. The van der Waals surface area contributed by atoms with Crippen LogP contribution in [0.2, 0.25) is 0 Å². The monoisotopic (exact) mass is 516 g/mol. The largest absolute Gasteiger partial charge is 0.478 e. The number of aliphatic carboxylic acids is 2. The van der Waals surface area contributed by atoms with Gasteiger partial charge < -0.3 is 25.5 Å². The van der Waals surface area contributed by atoms with E-state index >= 15 is 0 Å². The molecular formula is C29H44N2O6. The Morgan fingerprint density at radius 2 is 1.73 bits per heavy atom. The lowest BCUT2D eigenvalue weighted by atomic mass is 9.45. The molecular weight excluding hydrogens is 472 g/mol. The summed E-state index contributed by atoms with van der Waals surface area (Å²) >= 11 is 0. The molecule has 1 heterocycles. The number of carboxylic acid groups (broad SMARTS) is 2. The van der Waals surface area contributed by atoms with Crippen molar-refractivity contribution < 1.29 is 29.7 Å². The summed E-state index contributed by atoms with van der Waals surface area (Å²) in [6, 6.07) is 0. The summed E-state index contributed by atoms with van der Waals surface area (Å²) in [6.45, 7) is 11.6. The zero-order valence-corrected chi connectivity index (χ0v) is 22.7. The van der Waals surface area contributed by atoms with Gasteiger partial charge in [0.25, 0.3) is 0 Å². The van der Waals surface area contributed by atoms with Crippen molar-refractivity contribution in [2.24, 2.45) is 39.2 Å². The second-order valence-electron chi connectivity index (χ2n) is 12.7. The molecule has 8 heteroatoms. The Balaban J connectivity index is 0.000000349. The van der Waals surface area contributed by atoms with Gasteiger partial charge in [-0.3, -0.25) is 0 Å². The third-order valence-electron chi connectivity index (χ3n) is 10.4. The standard InChI is InChI=1S/C25H40N2O2.C4H4O4/c1-23(2)20-7-5-17-18-6-8-22(28)25(18,4)12-9-19(17)24(20,3)13-10-21(23)27-29-16-11-14-26-15-16;5-3(6)1-2-4(7)8/h7,16-19,22,26,28H,5-6,8-15H2,1-4H3;1-2H,(H,5,6)(H,7,8)/b;2-1+/t16-,17+,18+,19+,22+,24-,25+;/m1./s1. The SMILES string of the molecule is CC1(C)C2=CC[C@H]3[C@@H]4CC[C@H](O)[C@@]4(C)CC[C@@H]3[C@@]2(C)CCC1=NO[C@@H]1CCNC1.O=C(O)/C=C/C(=O)O. The predicted molar refractivity (Wildman–Crippen MR) is 141 cm³/mol. The number of carboxylic acids is 2. The van der Waals surface area contributed by atoms with Crippen molar-refractivity contribution in [2.75, 3.05) is 13.1 Å². The predicted octanol–water partition coefficient (Wildman–Crippen LogP) is 4.39. The van der Waals surface area contributed by atoms with Gasteiger partial charge in [0.2, 0.25) is 0 Å². The molecule has 0 radical (unpaired) electrons. The molecule has 0 amide bonds. The minimum atomic E-state index is -1.26. The number of hydrogen-bond donors (Lipinski definition) is 4. The van der Waals surface area contributed by atoms with E-state index < -0.39 is 11.9 Å². The second kappa shape index (κ2) is 10.5. The molecule has 206 valence electrons. The Kier molecular flexibility index (Phi) is 7.92. The maximum atomic E-state index is 10.7. The van der Waals surface area contributed by atoms with Crippen LogP contribution in [0.5, 0.6) is 0 Å². The van der Waals surface area contributed by atoms with Crippen LogP contribution in [0.4, 0.5) is 0 Å². The van der Waals surface area contributed by atoms with Crippen molar-refractivity contribution in [3.63, 3.8) is 0 Å². The zero-order valence-electron chi connectivity index (χ0n) is 22.7. The van der Waals surface area contributed by atoms with Gasteiger partial charge in [-0.2, -0.15) is 0 Å². The van der Waals surface area contributed by atoms with Gasteiger partial charge in [0, 0.05) is 30.5 Å². The van der Waals surface area contributed by atoms with E-state index in [1.807, 2.05) is 0 Å². The Labute approximate surface area is 220 Å². The first-order valence-corrected chi connectivity index (χ1v) is 13.9. The summed E-state index contributed by atoms with van der Waals surface area (Å²) in [4.78, 5) is 25.1. The van der Waals surface area contributed by atoms with Crippen LogP contribution in [0.1, 0.15) is 79.1 Å². The van der Waals surface area contributed by atoms with Crippen molar-refractivity contribution in [3.05, 3.63) is 23.8 Å². The number of aliphatic hydroxyl groups excluding tert-OH is 1. The Morgan fingerprint density at radius 3 is 2.35 bits per heavy atom. The first-order valence-electron chi connectivity index (χ1n) is 13.9. The fourth-order valence-corrected chi connectivity index (χ4v) is 8.36. The van der Waals surface area contributed by atoms with E-state index in [1.54, 1.807) is 5.57 Å². The fraction of sp³-hybridized carbons (Fsp3) is 0.759. The van der Waals surface area contributed by atoms with Crippen LogP contribution >= 0.6 is 0 Å². The molecule has 3 saturated carbocycles. The van der Waals surface area contributed by atoms with Crippen LogP contribution in [0.15, 0.2) is 29.0 Å². The number of rotatable bonds is 4. The first-order chi connectivity index (χ1) is 17.4. The van der Waals surface area contributed by atoms with Crippen molar-refractivity contribution in [2.45, 2.75) is 91.3 Å². The van der Waals surface area contributed by atoms with Gasteiger partial charge in [-0.1, -0.05) is 44.5 Å². The molecule has 8 nitrogen and oxygen atoms in total. The molecule has 4 N–H and O–H groups in total. The number of carbonyl (C=O) groups is 2. The molecule has 37 heavy (non-hydrogen) atoms. The van der Waals surface area contributed by atoms with E-state index in [1.165, 1.54) is 37.8 Å². The molecule has 0 spiro atoms. The molecule has 5 rings (SSSR count). The van der Waals surface area contributed by atoms with Crippen molar-refractivity contribution in [3.8, 4) is 0 Å². The maximum absolute atomic E-state index is 10.7. The molecule has 1 saturated heterocycles. The van der Waals surface area contributed by atoms with Crippen LogP contribution in [-0.2, 0) is 14.4 Å². The number of aliphatic hydroxyl groups is 1. The van der Waals surface area contributed by atoms with Crippen LogP contribution in [-0.4, -0.2) is 58.3 Å². The minimum absolute atomic E-state index is 0.0139. The third-order valence-corrected chi connectivity index (χ3v) is 10.4. The van der Waals surface area contributed by atoms with Gasteiger partial charge in [-0.15, -0.1) is 0 Å². The molecule has 0 aromatic carbocycles. The van der Waals surface area contributed by atoms with Gasteiger partial charge in [0.15, 0.2) is 0 Å². The lowest BCUT2D eigenvalue weighted by Gasteiger charge is -2.60. The number of allylic oxidation sites excluding steroid dienone is 2. The molecule has 4 fully saturated rings. The van der Waals surface area contributed by atoms with E-state index in [2.05, 4.69) is 39.1 Å². The normalized spacial score (nSPS) is 41.2. The highest BCUT2D eigenvalue weighted by Crippen LogP contribution is 2.66. The molecule has 7 atom stereocenters. The van der Waals surface area contributed by atoms with E-state index in [9.17, 15) is 14.7 Å². The van der Waals surface area contributed by atoms with E-state index in [-0.39, 0.29) is 28.5 Å². The third kappa shape index (κ3) is 5.24. The highest BCUT2D eigenvalue weighted by Gasteiger charge is 2.60. The Bertz CT molecular complexity index is 965. The van der Waals surface area contributed by atoms with Gasteiger partial charge in [0.1, 0.15) is 6.10 Å². The molecule has 0 unspecified atom stereocenters. The molecule has 0 aromatic heterocycles. The lowest BCUT2D eigenvalue weighted by molar-refractivity contribution is -0.134. The van der Waals surface area contributed by atoms with Gasteiger partial charge >= 0.3 is 11.9 Å². The zero-order chi connectivity index (χ0) is 27.0.